The maximum atomic E-state index is 12.0. The summed E-state index contributed by atoms with van der Waals surface area (Å²) in [6.45, 7) is 0. The van der Waals surface area contributed by atoms with E-state index in [-0.39, 0.29) is 11.9 Å². The zero-order valence-corrected chi connectivity index (χ0v) is 11.6. The average molecular weight is 271 g/mol. The molecule has 1 atom stereocenters. The standard InChI is InChI=1S/C16H17NO3/c1-19-15-9-8-13(11-17-15)14(16(18)20-2)10-12-6-4-3-5-7-12/h3-9,11,14H,10H2,1-2H3. The third-order valence-corrected chi connectivity index (χ3v) is 3.14. The normalized spacial score (nSPS) is 11.7. The van der Waals surface area contributed by atoms with Gasteiger partial charge in [0.05, 0.1) is 20.1 Å². The summed E-state index contributed by atoms with van der Waals surface area (Å²) in [5.74, 6) is -0.0984. The molecule has 0 aliphatic heterocycles. The van der Waals surface area contributed by atoms with E-state index in [1.165, 1.54) is 7.11 Å². The Labute approximate surface area is 118 Å². The Kier molecular flexibility index (Phi) is 4.71. The van der Waals surface area contributed by atoms with Crippen LogP contribution in [0.2, 0.25) is 0 Å². The van der Waals surface area contributed by atoms with E-state index in [1.807, 2.05) is 36.4 Å². The van der Waals surface area contributed by atoms with Crippen LogP contribution in [-0.2, 0) is 16.0 Å². The molecule has 4 heteroatoms. The molecule has 104 valence electrons. The first-order chi connectivity index (χ1) is 9.74. The van der Waals surface area contributed by atoms with Gasteiger partial charge in [0.1, 0.15) is 0 Å². The summed E-state index contributed by atoms with van der Waals surface area (Å²) in [6.07, 6.45) is 2.24. The Bertz CT molecular complexity index is 552. The molecule has 0 bridgehead atoms. The minimum Gasteiger partial charge on any atom is -0.481 e. The Hall–Kier alpha value is -2.36. The molecule has 1 aromatic heterocycles. The van der Waals surface area contributed by atoms with E-state index >= 15 is 0 Å². The topological polar surface area (TPSA) is 48.4 Å². The molecule has 0 radical (unpaired) electrons. The maximum Gasteiger partial charge on any atom is 0.313 e. The Morgan fingerprint density at radius 3 is 2.45 bits per heavy atom. The number of rotatable bonds is 5. The van der Waals surface area contributed by atoms with Crippen LogP contribution in [0.1, 0.15) is 17.0 Å². The highest BCUT2D eigenvalue weighted by Gasteiger charge is 2.22. The minimum absolute atomic E-state index is 0.263. The number of pyridine rings is 1. The summed E-state index contributed by atoms with van der Waals surface area (Å²) >= 11 is 0. The van der Waals surface area contributed by atoms with E-state index in [1.54, 1.807) is 19.4 Å². The van der Waals surface area contributed by atoms with E-state index < -0.39 is 0 Å². The summed E-state index contributed by atoms with van der Waals surface area (Å²) in [6, 6.07) is 13.4. The zero-order chi connectivity index (χ0) is 14.4. The van der Waals surface area contributed by atoms with Crippen LogP contribution in [0.3, 0.4) is 0 Å². The van der Waals surface area contributed by atoms with Gasteiger partial charge in [0, 0.05) is 12.3 Å². The van der Waals surface area contributed by atoms with Crippen molar-refractivity contribution in [2.24, 2.45) is 0 Å². The van der Waals surface area contributed by atoms with Crippen LogP contribution in [0.15, 0.2) is 48.7 Å². The van der Waals surface area contributed by atoms with Crippen molar-refractivity contribution in [3.8, 4) is 5.88 Å². The van der Waals surface area contributed by atoms with Crippen molar-refractivity contribution in [2.45, 2.75) is 12.3 Å². The van der Waals surface area contributed by atoms with E-state index in [4.69, 9.17) is 9.47 Å². The van der Waals surface area contributed by atoms with E-state index in [9.17, 15) is 4.79 Å². The Morgan fingerprint density at radius 2 is 1.90 bits per heavy atom. The van der Waals surface area contributed by atoms with Gasteiger partial charge in [-0.25, -0.2) is 4.98 Å². The number of nitrogens with zero attached hydrogens (tertiary/aromatic N) is 1. The molecule has 0 saturated carbocycles. The molecular formula is C16H17NO3. The van der Waals surface area contributed by atoms with Crippen LogP contribution in [0.5, 0.6) is 5.88 Å². The van der Waals surface area contributed by atoms with Gasteiger partial charge < -0.3 is 9.47 Å². The molecule has 0 spiro atoms. The van der Waals surface area contributed by atoms with Crippen molar-refractivity contribution in [3.05, 3.63) is 59.8 Å². The molecule has 0 amide bonds. The molecule has 1 aromatic carbocycles. The summed E-state index contributed by atoms with van der Waals surface area (Å²) in [5.41, 5.74) is 1.90. The fraction of sp³-hybridized carbons (Fsp3) is 0.250. The quantitative estimate of drug-likeness (QED) is 0.784. The first-order valence-corrected chi connectivity index (χ1v) is 6.36. The third-order valence-electron chi connectivity index (χ3n) is 3.14. The molecule has 1 heterocycles. The predicted octanol–water partition coefficient (Wildman–Crippen LogP) is 2.59. The van der Waals surface area contributed by atoms with E-state index in [2.05, 4.69) is 4.98 Å². The van der Waals surface area contributed by atoms with Gasteiger partial charge in [0.2, 0.25) is 5.88 Å². The van der Waals surface area contributed by atoms with E-state index in [0.29, 0.717) is 12.3 Å². The smallest absolute Gasteiger partial charge is 0.313 e. The first-order valence-electron chi connectivity index (χ1n) is 6.36. The number of hydrogen-bond donors (Lipinski definition) is 0. The molecule has 0 N–H and O–H groups in total. The second-order valence-corrected chi connectivity index (χ2v) is 4.40. The number of ether oxygens (including phenoxy) is 2. The molecule has 0 aliphatic carbocycles. The average Bonchev–Trinajstić information content (AvgIpc) is 2.53. The highest BCUT2D eigenvalue weighted by Crippen LogP contribution is 2.23. The van der Waals surface area contributed by atoms with Gasteiger partial charge in [-0.1, -0.05) is 36.4 Å². The SMILES string of the molecule is COC(=O)C(Cc1ccccc1)c1ccc(OC)nc1. The molecule has 2 rings (SSSR count). The lowest BCUT2D eigenvalue weighted by Crippen LogP contribution is -2.17. The van der Waals surface area contributed by atoms with Crippen LogP contribution in [-0.4, -0.2) is 25.2 Å². The van der Waals surface area contributed by atoms with Crippen LogP contribution in [0.25, 0.3) is 0 Å². The van der Waals surface area contributed by atoms with Gasteiger partial charge in [0.15, 0.2) is 0 Å². The number of aromatic nitrogens is 1. The van der Waals surface area contributed by atoms with Crippen LogP contribution in [0, 0.1) is 0 Å². The van der Waals surface area contributed by atoms with Crippen molar-refractivity contribution in [1.82, 2.24) is 4.98 Å². The van der Waals surface area contributed by atoms with Crippen molar-refractivity contribution in [3.63, 3.8) is 0 Å². The molecular weight excluding hydrogens is 254 g/mol. The minimum atomic E-state index is -0.360. The summed E-state index contributed by atoms with van der Waals surface area (Å²) in [4.78, 5) is 16.1. The van der Waals surface area contributed by atoms with Gasteiger partial charge >= 0.3 is 5.97 Å². The van der Waals surface area contributed by atoms with Crippen molar-refractivity contribution in [2.75, 3.05) is 14.2 Å². The molecule has 4 nitrogen and oxygen atoms in total. The predicted molar refractivity (Wildman–Crippen MR) is 75.7 cm³/mol. The largest absolute Gasteiger partial charge is 0.481 e. The maximum absolute atomic E-state index is 12.0. The number of carbonyl (C=O) groups is 1. The number of benzene rings is 1. The summed E-state index contributed by atoms with van der Waals surface area (Å²) in [7, 11) is 2.96. The summed E-state index contributed by atoms with van der Waals surface area (Å²) in [5, 5.41) is 0. The second-order valence-electron chi connectivity index (χ2n) is 4.40. The number of carbonyl (C=O) groups excluding carboxylic acids is 1. The highest BCUT2D eigenvalue weighted by molar-refractivity contribution is 5.78. The molecule has 0 aliphatic rings. The first kappa shape index (κ1) is 14.1. The monoisotopic (exact) mass is 271 g/mol. The lowest BCUT2D eigenvalue weighted by atomic mass is 9.93. The Balaban J connectivity index is 2.25. The van der Waals surface area contributed by atoms with Gasteiger partial charge in [-0.05, 0) is 17.5 Å². The van der Waals surface area contributed by atoms with Crippen molar-refractivity contribution >= 4 is 5.97 Å². The van der Waals surface area contributed by atoms with Crippen molar-refractivity contribution < 1.29 is 14.3 Å². The lowest BCUT2D eigenvalue weighted by Gasteiger charge is -2.15. The molecule has 2 aromatic rings. The lowest BCUT2D eigenvalue weighted by molar-refractivity contribution is -0.142. The van der Waals surface area contributed by atoms with Gasteiger partial charge in [-0.2, -0.15) is 0 Å². The third kappa shape index (κ3) is 3.35. The van der Waals surface area contributed by atoms with Crippen molar-refractivity contribution in [1.29, 1.82) is 0 Å². The molecule has 0 saturated heterocycles. The summed E-state index contributed by atoms with van der Waals surface area (Å²) < 4.78 is 9.92. The fourth-order valence-electron chi connectivity index (χ4n) is 2.05. The number of esters is 1. The Morgan fingerprint density at radius 1 is 1.15 bits per heavy atom. The molecule has 1 unspecified atom stereocenters. The second kappa shape index (κ2) is 6.70. The molecule has 0 fully saturated rings. The highest BCUT2D eigenvalue weighted by atomic mass is 16.5. The number of hydrogen-bond acceptors (Lipinski definition) is 4. The van der Waals surface area contributed by atoms with Crippen LogP contribution >= 0.6 is 0 Å². The molecule has 20 heavy (non-hydrogen) atoms. The van der Waals surface area contributed by atoms with Gasteiger partial charge in [-0.3, -0.25) is 4.79 Å². The van der Waals surface area contributed by atoms with Crippen LogP contribution in [0.4, 0.5) is 0 Å². The van der Waals surface area contributed by atoms with Gasteiger partial charge in [-0.15, -0.1) is 0 Å². The zero-order valence-electron chi connectivity index (χ0n) is 11.6. The number of methoxy groups -OCH3 is 2. The van der Waals surface area contributed by atoms with Crippen LogP contribution < -0.4 is 4.74 Å². The van der Waals surface area contributed by atoms with Gasteiger partial charge in [0.25, 0.3) is 0 Å². The fourth-order valence-corrected chi connectivity index (χ4v) is 2.05. The van der Waals surface area contributed by atoms with E-state index in [0.717, 1.165) is 11.1 Å².